The summed E-state index contributed by atoms with van der Waals surface area (Å²) < 4.78 is 7.75. The molecular formula is C15H28N4O. The molecule has 5 nitrogen and oxygen atoms in total. The van der Waals surface area contributed by atoms with Crippen molar-refractivity contribution in [1.29, 1.82) is 0 Å². The lowest BCUT2D eigenvalue weighted by molar-refractivity contribution is -0.158. The van der Waals surface area contributed by atoms with Crippen LogP contribution in [0.4, 0.5) is 0 Å². The number of hydrogen-bond donors (Lipinski definition) is 0. The molecule has 2 unspecified atom stereocenters. The van der Waals surface area contributed by atoms with Crippen molar-refractivity contribution in [2.24, 2.45) is 12.5 Å². The van der Waals surface area contributed by atoms with Gasteiger partial charge in [-0.3, -0.25) is 4.90 Å². The molecule has 0 bridgehead atoms. The lowest BCUT2D eigenvalue weighted by Gasteiger charge is -2.58. The van der Waals surface area contributed by atoms with Gasteiger partial charge in [-0.25, -0.2) is 0 Å². The van der Waals surface area contributed by atoms with E-state index in [-0.39, 0.29) is 5.41 Å². The normalized spacial score (nSPS) is 24.9. The van der Waals surface area contributed by atoms with Crippen molar-refractivity contribution in [3.05, 3.63) is 11.6 Å². The Labute approximate surface area is 122 Å². The zero-order valence-electron chi connectivity index (χ0n) is 13.7. The summed E-state index contributed by atoms with van der Waals surface area (Å²) in [7, 11) is 6.07. The van der Waals surface area contributed by atoms with E-state index in [1.807, 2.05) is 21.1 Å². The van der Waals surface area contributed by atoms with Gasteiger partial charge in [0.2, 0.25) is 0 Å². The molecule has 1 aliphatic carbocycles. The number of methoxy groups -OCH3 is 1. The largest absolute Gasteiger partial charge is 0.381 e. The Hall–Kier alpha value is -0.940. The summed E-state index contributed by atoms with van der Waals surface area (Å²) in [6, 6.07) is 0.569. The molecule has 0 aliphatic heterocycles. The van der Waals surface area contributed by atoms with E-state index in [0.717, 1.165) is 37.5 Å². The maximum atomic E-state index is 5.68. The molecule has 0 saturated heterocycles. The highest BCUT2D eigenvalue weighted by Crippen LogP contribution is 2.51. The molecule has 2 atom stereocenters. The second kappa shape index (κ2) is 5.82. The van der Waals surface area contributed by atoms with Crippen LogP contribution in [0.25, 0.3) is 0 Å². The van der Waals surface area contributed by atoms with Crippen molar-refractivity contribution in [2.45, 2.75) is 58.7 Å². The molecule has 1 heterocycles. The minimum absolute atomic E-state index is 0.289. The maximum absolute atomic E-state index is 5.68. The second-order valence-electron chi connectivity index (χ2n) is 6.05. The third kappa shape index (κ3) is 2.27. The smallest absolute Gasteiger partial charge is 0.146 e. The lowest BCUT2D eigenvalue weighted by atomic mass is 9.58. The van der Waals surface area contributed by atoms with Crippen LogP contribution in [0.2, 0.25) is 0 Å². The number of aryl methyl sites for hydroxylation is 1. The molecule has 20 heavy (non-hydrogen) atoms. The molecule has 0 spiro atoms. The minimum Gasteiger partial charge on any atom is -0.381 e. The number of aromatic nitrogens is 3. The van der Waals surface area contributed by atoms with Gasteiger partial charge in [0.1, 0.15) is 11.6 Å². The van der Waals surface area contributed by atoms with Gasteiger partial charge in [-0.1, -0.05) is 13.8 Å². The fourth-order valence-corrected chi connectivity index (χ4v) is 3.77. The van der Waals surface area contributed by atoms with Crippen LogP contribution in [-0.2, 0) is 18.3 Å². The van der Waals surface area contributed by atoms with Crippen LogP contribution in [0.5, 0.6) is 0 Å². The van der Waals surface area contributed by atoms with Crippen molar-refractivity contribution >= 4 is 0 Å². The predicted molar refractivity (Wildman–Crippen MR) is 79.4 cm³/mol. The summed E-state index contributed by atoms with van der Waals surface area (Å²) in [6.07, 6.45) is 3.83. The first-order chi connectivity index (χ1) is 9.50. The molecule has 0 N–H and O–H groups in total. The standard InChI is InChI=1S/C15H28N4O/c1-7-15(8-2)12(9-13(15)20-6)18(4)10-14-17-16-11(3)19(14)5/h12-13H,7-10H2,1-6H3. The van der Waals surface area contributed by atoms with Gasteiger partial charge in [0, 0.05) is 25.6 Å². The summed E-state index contributed by atoms with van der Waals surface area (Å²) in [5.41, 5.74) is 0.289. The molecule has 0 aromatic carbocycles. The fourth-order valence-electron chi connectivity index (χ4n) is 3.77. The number of nitrogens with zero attached hydrogens (tertiary/aromatic N) is 4. The highest BCUT2D eigenvalue weighted by molar-refractivity contribution is 5.07. The molecule has 0 radical (unpaired) electrons. The van der Waals surface area contributed by atoms with E-state index < -0.39 is 0 Å². The molecule has 1 aliphatic rings. The van der Waals surface area contributed by atoms with Crippen molar-refractivity contribution in [2.75, 3.05) is 14.2 Å². The lowest BCUT2D eigenvalue weighted by Crippen LogP contribution is -2.63. The first kappa shape index (κ1) is 15.4. The van der Waals surface area contributed by atoms with E-state index in [0.29, 0.717) is 12.1 Å². The van der Waals surface area contributed by atoms with Crippen LogP contribution < -0.4 is 0 Å². The number of rotatable bonds is 6. The Morgan fingerprint density at radius 2 is 2.00 bits per heavy atom. The SMILES string of the molecule is CCC1(CC)C(OC)CC1N(C)Cc1nnc(C)n1C. The van der Waals surface area contributed by atoms with Crippen molar-refractivity contribution in [3.8, 4) is 0 Å². The summed E-state index contributed by atoms with van der Waals surface area (Å²) >= 11 is 0. The van der Waals surface area contributed by atoms with Crippen LogP contribution in [0, 0.1) is 12.3 Å². The van der Waals surface area contributed by atoms with Gasteiger partial charge < -0.3 is 9.30 Å². The average molecular weight is 280 g/mol. The quantitative estimate of drug-likeness (QED) is 0.801. The first-order valence-corrected chi connectivity index (χ1v) is 7.58. The minimum atomic E-state index is 0.289. The van der Waals surface area contributed by atoms with Crippen LogP contribution in [0.3, 0.4) is 0 Å². The number of hydrogen-bond acceptors (Lipinski definition) is 4. The zero-order chi connectivity index (χ0) is 14.9. The Balaban J connectivity index is 2.10. The van der Waals surface area contributed by atoms with Crippen LogP contribution in [0.15, 0.2) is 0 Å². The van der Waals surface area contributed by atoms with Crippen molar-refractivity contribution in [1.82, 2.24) is 19.7 Å². The molecule has 1 fully saturated rings. The molecule has 1 aromatic rings. The zero-order valence-corrected chi connectivity index (χ0v) is 13.7. The second-order valence-corrected chi connectivity index (χ2v) is 6.05. The van der Waals surface area contributed by atoms with E-state index >= 15 is 0 Å². The average Bonchev–Trinajstić information content (AvgIpc) is 2.72. The Bertz CT molecular complexity index is 453. The highest BCUT2D eigenvalue weighted by atomic mass is 16.5. The predicted octanol–water partition coefficient (Wildman–Crippen LogP) is 2.15. The van der Waals surface area contributed by atoms with E-state index in [4.69, 9.17) is 4.74 Å². The van der Waals surface area contributed by atoms with Gasteiger partial charge in [0.25, 0.3) is 0 Å². The van der Waals surface area contributed by atoms with Crippen LogP contribution in [0.1, 0.15) is 44.8 Å². The third-order valence-electron chi connectivity index (χ3n) is 5.45. The molecule has 1 saturated carbocycles. The van der Waals surface area contributed by atoms with E-state index in [1.165, 1.54) is 0 Å². The molecule has 0 amide bonds. The van der Waals surface area contributed by atoms with Gasteiger partial charge in [-0.15, -0.1) is 10.2 Å². The monoisotopic (exact) mass is 280 g/mol. The third-order valence-corrected chi connectivity index (χ3v) is 5.45. The molecule has 5 heteroatoms. The molecular weight excluding hydrogens is 252 g/mol. The topological polar surface area (TPSA) is 43.2 Å². The summed E-state index contributed by atoms with van der Waals surface area (Å²) in [5, 5.41) is 8.42. The Morgan fingerprint density at radius 3 is 2.45 bits per heavy atom. The summed E-state index contributed by atoms with van der Waals surface area (Å²) in [5.74, 6) is 2.00. The number of ether oxygens (including phenoxy) is 1. The highest BCUT2D eigenvalue weighted by Gasteiger charge is 2.54. The van der Waals surface area contributed by atoms with Gasteiger partial charge >= 0.3 is 0 Å². The molecule has 114 valence electrons. The summed E-state index contributed by atoms with van der Waals surface area (Å²) in [4.78, 5) is 2.42. The van der Waals surface area contributed by atoms with Gasteiger partial charge in [-0.05, 0) is 33.2 Å². The Kier molecular flexibility index (Phi) is 4.49. The van der Waals surface area contributed by atoms with Gasteiger partial charge in [0.05, 0.1) is 12.6 Å². The Morgan fingerprint density at radius 1 is 1.35 bits per heavy atom. The first-order valence-electron chi connectivity index (χ1n) is 7.58. The van der Waals surface area contributed by atoms with Crippen LogP contribution >= 0.6 is 0 Å². The van der Waals surface area contributed by atoms with Crippen molar-refractivity contribution in [3.63, 3.8) is 0 Å². The fraction of sp³-hybridized carbons (Fsp3) is 0.867. The van der Waals surface area contributed by atoms with E-state index in [2.05, 4.69) is 40.6 Å². The van der Waals surface area contributed by atoms with Gasteiger partial charge in [-0.2, -0.15) is 0 Å². The van der Waals surface area contributed by atoms with E-state index in [9.17, 15) is 0 Å². The van der Waals surface area contributed by atoms with Crippen molar-refractivity contribution < 1.29 is 4.74 Å². The maximum Gasteiger partial charge on any atom is 0.146 e. The van der Waals surface area contributed by atoms with Crippen LogP contribution in [-0.4, -0.2) is 46.0 Å². The summed E-state index contributed by atoms with van der Waals surface area (Å²) in [6.45, 7) is 7.40. The molecule has 1 aromatic heterocycles. The van der Waals surface area contributed by atoms with E-state index in [1.54, 1.807) is 0 Å². The van der Waals surface area contributed by atoms with Gasteiger partial charge in [0.15, 0.2) is 0 Å². The molecule has 2 rings (SSSR count).